The smallest absolute Gasteiger partial charge is 0.243 e. The Balaban J connectivity index is 2.44. The van der Waals surface area contributed by atoms with Crippen molar-refractivity contribution in [2.45, 2.75) is 44.6 Å². The Hall–Kier alpha value is -0.910. The van der Waals surface area contributed by atoms with Crippen LogP contribution in [0.25, 0.3) is 0 Å². The van der Waals surface area contributed by atoms with Crippen LogP contribution in [-0.2, 0) is 16.6 Å². The van der Waals surface area contributed by atoms with E-state index in [9.17, 15) is 13.5 Å². The monoisotopic (exact) mass is 283 g/mol. The van der Waals surface area contributed by atoms with E-state index in [1.807, 2.05) is 19.9 Å². The molecule has 1 aromatic carbocycles. The van der Waals surface area contributed by atoms with Gasteiger partial charge in [0.1, 0.15) is 0 Å². The molecule has 0 saturated carbocycles. The number of rotatable bonds is 3. The van der Waals surface area contributed by atoms with Crippen LogP contribution in [0, 0.1) is 13.8 Å². The van der Waals surface area contributed by atoms with Gasteiger partial charge >= 0.3 is 0 Å². The zero-order valence-corrected chi connectivity index (χ0v) is 12.3. The van der Waals surface area contributed by atoms with Gasteiger partial charge in [0, 0.05) is 13.1 Å². The van der Waals surface area contributed by atoms with Gasteiger partial charge in [0.2, 0.25) is 10.0 Å². The summed E-state index contributed by atoms with van der Waals surface area (Å²) < 4.78 is 26.8. The first kappa shape index (κ1) is 14.5. The highest BCUT2D eigenvalue weighted by Crippen LogP contribution is 2.26. The number of aliphatic hydroxyl groups excluding tert-OH is 1. The lowest BCUT2D eigenvalue weighted by atomic mass is 10.1. The number of nitrogens with zero attached hydrogens (tertiary/aromatic N) is 1. The van der Waals surface area contributed by atoms with E-state index in [2.05, 4.69) is 0 Å². The van der Waals surface area contributed by atoms with Crippen molar-refractivity contribution < 1.29 is 13.5 Å². The van der Waals surface area contributed by atoms with Crippen molar-refractivity contribution >= 4 is 10.0 Å². The number of hydrogen-bond donors (Lipinski definition) is 1. The summed E-state index contributed by atoms with van der Waals surface area (Å²) in [4.78, 5) is 0.337. The number of benzene rings is 1. The van der Waals surface area contributed by atoms with Crippen LogP contribution in [0.1, 0.15) is 36.0 Å². The molecule has 5 heteroatoms. The third-order valence-corrected chi connectivity index (χ3v) is 5.78. The van der Waals surface area contributed by atoms with Crippen molar-refractivity contribution in [3.63, 3.8) is 0 Å². The summed E-state index contributed by atoms with van der Waals surface area (Å²) in [6, 6.07) is 3.46. The van der Waals surface area contributed by atoms with E-state index in [0.29, 0.717) is 23.5 Å². The van der Waals surface area contributed by atoms with Crippen LogP contribution in [0.3, 0.4) is 0 Å². The molecule has 1 saturated heterocycles. The van der Waals surface area contributed by atoms with Crippen LogP contribution in [0.2, 0.25) is 0 Å². The van der Waals surface area contributed by atoms with Crippen LogP contribution in [0.15, 0.2) is 17.0 Å². The maximum atomic E-state index is 12.6. The summed E-state index contributed by atoms with van der Waals surface area (Å²) in [7, 11) is -3.42. The minimum atomic E-state index is -3.42. The molecule has 1 aromatic rings. The molecule has 1 N–H and O–H groups in total. The highest BCUT2D eigenvalue weighted by Gasteiger charge is 2.27. The van der Waals surface area contributed by atoms with E-state index in [1.54, 1.807) is 10.4 Å². The fourth-order valence-corrected chi connectivity index (χ4v) is 4.34. The number of aryl methyl sites for hydroxylation is 2. The first-order chi connectivity index (χ1) is 8.96. The molecule has 0 radical (unpaired) electrons. The van der Waals surface area contributed by atoms with Crippen molar-refractivity contribution in [2.75, 3.05) is 13.1 Å². The summed E-state index contributed by atoms with van der Waals surface area (Å²) in [6.45, 7) is 4.77. The van der Waals surface area contributed by atoms with Crippen molar-refractivity contribution in [2.24, 2.45) is 0 Å². The molecular formula is C14H21NO3S. The van der Waals surface area contributed by atoms with Gasteiger partial charge in [0.15, 0.2) is 0 Å². The van der Waals surface area contributed by atoms with Crippen LogP contribution >= 0.6 is 0 Å². The molecule has 0 aliphatic carbocycles. The van der Waals surface area contributed by atoms with Gasteiger partial charge in [-0.05, 0) is 49.4 Å². The van der Waals surface area contributed by atoms with Gasteiger partial charge in [-0.1, -0.05) is 12.5 Å². The van der Waals surface area contributed by atoms with Crippen LogP contribution in [0.5, 0.6) is 0 Å². The lowest BCUT2D eigenvalue weighted by molar-refractivity contribution is 0.280. The first-order valence-corrected chi connectivity index (χ1v) is 8.12. The van der Waals surface area contributed by atoms with Gasteiger partial charge in [-0.3, -0.25) is 0 Å². The van der Waals surface area contributed by atoms with E-state index >= 15 is 0 Å². The van der Waals surface area contributed by atoms with Gasteiger partial charge in [-0.15, -0.1) is 0 Å². The molecule has 0 aromatic heterocycles. The van der Waals surface area contributed by atoms with E-state index in [0.717, 1.165) is 30.4 Å². The maximum Gasteiger partial charge on any atom is 0.243 e. The zero-order valence-electron chi connectivity index (χ0n) is 11.5. The molecule has 0 atom stereocenters. The standard InChI is InChI=1S/C14H21NO3S/c1-11-8-12(2)14(9-13(11)10-16)19(17,18)15-6-4-3-5-7-15/h8-9,16H,3-7,10H2,1-2H3. The third-order valence-electron chi connectivity index (χ3n) is 3.74. The van der Waals surface area contributed by atoms with Gasteiger partial charge in [0.05, 0.1) is 11.5 Å². The molecule has 1 aliphatic heterocycles. The van der Waals surface area contributed by atoms with Gasteiger partial charge < -0.3 is 5.11 Å². The summed E-state index contributed by atoms with van der Waals surface area (Å²) in [6.07, 6.45) is 2.95. The van der Waals surface area contributed by atoms with Gasteiger partial charge in [0.25, 0.3) is 0 Å². The van der Waals surface area contributed by atoms with Crippen LogP contribution in [-0.4, -0.2) is 30.9 Å². The second-order valence-corrected chi connectivity index (χ2v) is 7.07. The average Bonchev–Trinajstić information content (AvgIpc) is 2.39. The maximum absolute atomic E-state index is 12.6. The molecule has 4 nitrogen and oxygen atoms in total. The van der Waals surface area contributed by atoms with Crippen LogP contribution in [0.4, 0.5) is 0 Å². The molecule has 0 amide bonds. The fourth-order valence-electron chi connectivity index (χ4n) is 2.57. The lowest BCUT2D eigenvalue weighted by Crippen LogP contribution is -2.36. The van der Waals surface area contributed by atoms with Crippen molar-refractivity contribution in [3.05, 3.63) is 28.8 Å². The van der Waals surface area contributed by atoms with Gasteiger partial charge in [-0.25, -0.2) is 8.42 Å². The van der Waals surface area contributed by atoms with Crippen LogP contribution < -0.4 is 0 Å². The Morgan fingerprint density at radius 3 is 2.32 bits per heavy atom. The Morgan fingerprint density at radius 2 is 1.74 bits per heavy atom. The quantitative estimate of drug-likeness (QED) is 0.922. The summed E-state index contributed by atoms with van der Waals surface area (Å²) in [5.74, 6) is 0. The number of aliphatic hydroxyl groups is 1. The molecule has 1 fully saturated rings. The highest BCUT2D eigenvalue weighted by atomic mass is 32.2. The largest absolute Gasteiger partial charge is 0.392 e. The van der Waals surface area contributed by atoms with Crippen molar-refractivity contribution in [1.29, 1.82) is 0 Å². The van der Waals surface area contributed by atoms with Crippen molar-refractivity contribution in [3.8, 4) is 0 Å². The van der Waals surface area contributed by atoms with Gasteiger partial charge in [-0.2, -0.15) is 4.31 Å². The minimum absolute atomic E-state index is 0.130. The van der Waals surface area contributed by atoms with Crippen molar-refractivity contribution in [1.82, 2.24) is 4.31 Å². The van der Waals surface area contributed by atoms with E-state index in [1.165, 1.54) is 0 Å². The summed E-state index contributed by atoms with van der Waals surface area (Å²) in [5, 5.41) is 9.30. The number of sulfonamides is 1. The zero-order chi connectivity index (χ0) is 14.0. The minimum Gasteiger partial charge on any atom is -0.392 e. The predicted molar refractivity (Wildman–Crippen MR) is 74.4 cm³/mol. The first-order valence-electron chi connectivity index (χ1n) is 6.68. The number of hydrogen-bond acceptors (Lipinski definition) is 3. The van der Waals surface area contributed by atoms with E-state index in [4.69, 9.17) is 0 Å². The SMILES string of the molecule is Cc1cc(C)c(S(=O)(=O)N2CCCCC2)cc1CO. The molecule has 1 aliphatic rings. The summed E-state index contributed by atoms with van der Waals surface area (Å²) >= 11 is 0. The molecular weight excluding hydrogens is 262 g/mol. The Kier molecular flexibility index (Phi) is 4.28. The highest BCUT2D eigenvalue weighted by molar-refractivity contribution is 7.89. The number of piperidine rings is 1. The Bertz CT molecular complexity index is 560. The van der Waals surface area contributed by atoms with E-state index < -0.39 is 10.0 Å². The molecule has 0 spiro atoms. The lowest BCUT2D eigenvalue weighted by Gasteiger charge is -2.27. The predicted octanol–water partition coefficient (Wildman–Crippen LogP) is 1.97. The average molecular weight is 283 g/mol. The molecule has 106 valence electrons. The Morgan fingerprint density at radius 1 is 1.11 bits per heavy atom. The molecule has 1 heterocycles. The molecule has 0 unspecified atom stereocenters. The van der Waals surface area contributed by atoms with E-state index in [-0.39, 0.29) is 6.61 Å². The molecule has 2 rings (SSSR count). The molecule has 0 bridgehead atoms. The molecule has 19 heavy (non-hydrogen) atoms. The Labute approximate surface area is 115 Å². The fraction of sp³-hybridized carbons (Fsp3) is 0.571. The topological polar surface area (TPSA) is 57.6 Å². The summed E-state index contributed by atoms with van der Waals surface area (Å²) in [5.41, 5.74) is 2.36. The normalized spacial score (nSPS) is 17.6. The second-order valence-electron chi connectivity index (χ2n) is 5.17. The third kappa shape index (κ3) is 2.83. The second kappa shape index (κ2) is 5.61.